The minimum absolute atomic E-state index is 0. The summed E-state index contributed by atoms with van der Waals surface area (Å²) >= 11 is 0. The number of allylic oxidation sites excluding steroid dienone is 8. The van der Waals surface area contributed by atoms with E-state index >= 15 is 0 Å². The summed E-state index contributed by atoms with van der Waals surface area (Å²) in [4.78, 5) is 0. The SMILES string of the molecule is [C-]1=CC=CC1.[C-]1=CC=CC1.[CH-]1CCCC1.[CH-]1CCCC1.[Zr+4]. The Morgan fingerprint density at radius 2 is 1.00 bits per heavy atom. The normalized spacial score (nSPS) is 19.8. The van der Waals surface area contributed by atoms with Gasteiger partial charge in [0.1, 0.15) is 0 Å². The van der Waals surface area contributed by atoms with Crippen LogP contribution in [0.1, 0.15) is 64.2 Å². The van der Waals surface area contributed by atoms with Gasteiger partial charge >= 0.3 is 26.2 Å². The van der Waals surface area contributed by atoms with E-state index in [1.54, 1.807) is 0 Å². The van der Waals surface area contributed by atoms with Crippen molar-refractivity contribution in [3.63, 3.8) is 0 Å². The summed E-state index contributed by atoms with van der Waals surface area (Å²) < 4.78 is 0. The molecule has 2 saturated carbocycles. The minimum atomic E-state index is 0. The molecule has 0 aliphatic heterocycles. The van der Waals surface area contributed by atoms with Gasteiger partial charge in [-0.25, -0.2) is 24.3 Å². The number of hydrogen-bond donors (Lipinski definition) is 0. The van der Waals surface area contributed by atoms with E-state index in [2.05, 4.69) is 37.1 Å². The summed E-state index contributed by atoms with van der Waals surface area (Å²) in [5, 5.41) is 0. The fraction of sp³-hybridized carbons (Fsp3) is 0.500. The van der Waals surface area contributed by atoms with E-state index in [0.29, 0.717) is 0 Å². The molecule has 0 aromatic carbocycles. The molecule has 0 unspecified atom stereocenters. The Morgan fingerprint density at radius 3 is 1.10 bits per heavy atom. The summed E-state index contributed by atoms with van der Waals surface area (Å²) in [5.41, 5.74) is 0. The van der Waals surface area contributed by atoms with Crippen LogP contribution >= 0.6 is 0 Å². The van der Waals surface area contributed by atoms with Crippen molar-refractivity contribution in [3.05, 3.63) is 61.4 Å². The third-order valence-electron chi connectivity index (χ3n) is 3.30. The molecule has 4 aliphatic carbocycles. The predicted octanol–water partition coefficient (Wildman–Crippen LogP) is 6.14. The van der Waals surface area contributed by atoms with Crippen LogP contribution < -0.4 is 0 Å². The van der Waals surface area contributed by atoms with Crippen LogP contribution in [-0.2, 0) is 26.2 Å². The Morgan fingerprint density at radius 1 is 0.619 bits per heavy atom. The quantitative estimate of drug-likeness (QED) is 0.456. The molecule has 0 nitrogen and oxygen atoms in total. The van der Waals surface area contributed by atoms with Crippen molar-refractivity contribution in [3.8, 4) is 0 Å². The monoisotopic (exact) mass is 358 g/mol. The Balaban J connectivity index is 0.000000250. The Bertz CT molecular complexity index is 235. The van der Waals surface area contributed by atoms with E-state index in [1.807, 2.05) is 24.3 Å². The van der Waals surface area contributed by atoms with E-state index in [1.165, 1.54) is 51.4 Å². The van der Waals surface area contributed by atoms with Crippen LogP contribution in [0.3, 0.4) is 0 Å². The first-order valence-corrected chi connectivity index (χ1v) is 8.07. The van der Waals surface area contributed by atoms with Gasteiger partial charge in [-0.15, -0.1) is 12.8 Å². The third-order valence-corrected chi connectivity index (χ3v) is 3.30. The molecule has 0 bridgehead atoms. The van der Waals surface area contributed by atoms with Gasteiger partial charge < -0.3 is 12.8 Å². The van der Waals surface area contributed by atoms with Gasteiger partial charge in [-0.3, -0.25) is 12.2 Å². The first-order chi connectivity index (χ1) is 10.0. The smallest absolute Gasteiger partial charge is 0.328 e. The molecule has 0 aromatic rings. The van der Waals surface area contributed by atoms with Crippen LogP contribution in [0.15, 0.2) is 36.5 Å². The largest absolute Gasteiger partial charge is 4.00 e. The molecule has 0 N–H and O–H groups in total. The molecule has 112 valence electrons. The van der Waals surface area contributed by atoms with Crippen molar-refractivity contribution >= 4 is 0 Å². The van der Waals surface area contributed by atoms with Crippen molar-refractivity contribution in [2.75, 3.05) is 0 Å². The molecule has 21 heavy (non-hydrogen) atoms. The molecule has 0 heterocycles. The summed E-state index contributed by atoms with van der Waals surface area (Å²) in [5.74, 6) is 0. The van der Waals surface area contributed by atoms with Crippen molar-refractivity contribution in [1.82, 2.24) is 0 Å². The van der Waals surface area contributed by atoms with Crippen molar-refractivity contribution < 1.29 is 26.2 Å². The van der Waals surface area contributed by atoms with Gasteiger partial charge in [-0.05, 0) is 0 Å². The van der Waals surface area contributed by atoms with Gasteiger partial charge in [-0.1, -0.05) is 25.7 Å². The topological polar surface area (TPSA) is 0 Å². The Hall–Kier alpha value is -0.157. The van der Waals surface area contributed by atoms with Crippen molar-refractivity contribution in [2.24, 2.45) is 0 Å². The number of hydrogen-bond acceptors (Lipinski definition) is 0. The summed E-state index contributed by atoms with van der Waals surface area (Å²) in [6, 6.07) is 0. The molecule has 0 radical (unpaired) electrons. The molecule has 2 fully saturated rings. The van der Waals surface area contributed by atoms with E-state index in [9.17, 15) is 0 Å². The standard InChI is InChI=1S/2C5H9.2C5H5.Zr/c4*1-2-4-5-3-1;/h2*1H,2-5H2;2*1-3H,4H2;/q4*-1;+4. The van der Waals surface area contributed by atoms with Gasteiger partial charge in [0.25, 0.3) is 0 Å². The van der Waals surface area contributed by atoms with Crippen LogP contribution in [0.2, 0.25) is 0 Å². The molecule has 0 amide bonds. The van der Waals surface area contributed by atoms with Gasteiger partial charge in [0.2, 0.25) is 0 Å². The molecule has 4 aliphatic rings. The van der Waals surface area contributed by atoms with E-state index in [0.717, 1.165) is 12.8 Å². The van der Waals surface area contributed by atoms with Gasteiger partial charge in [0, 0.05) is 0 Å². The van der Waals surface area contributed by atoms with Gasteiger partial charge in [0.15, 0.2) is 0 Å². The van der Waals surface area contributed by atoms with Crippen LogP contribution in [0.5, 0.6) is 0 Å². The molecule has 0 saturated heterocycles. The van der Waals surface area contributed by atoms with E-state index in [-0.39, 0.29) is 26.2 Å². The molecule has 0 aromatic heterocycles. The van der Waals surface area contributed by atoms with Crippen molar-refractivity contribution in [1.29, 1.82) is 0 Å². The van der Waals surface area contributed by atoms with Crippen molar-refractivity contribution in [2.45, 2.75) is 64.2 Å². The number of rotatable bonds is 0. The van der Waals surface area contributed by atoms with Crippen LogP contribution in [0.4, 0.5) is 0 Å². The summed E-state index contributed by atoms with van der Waals surface area (Å²) in [6.45, 7) is 0. The third kappa shape index (κ3) is 16.0. The summed E-state index contributed by atoms with van der Waals surface area (Å²) in [6.07, 6.45) is 36.0. The first-order valence-electron chi connectivity index (χ1n) is 8.07. The summed E-state index contributed by atoms with van der Waals surface area (Å²) in [7, 11) is 0. The average Bonchev–Trinajstić information content (AvgIpc) is 3.40. The zero-order chi connectivity index (χ0) is 14.1. The van der Waals surface area contributed by atoms with Crippen LogP contribution in [-0.4, -0.2) is 0 Å². The Kier molecular flexibility index (Phi) is 17.8. The molecular formula is C20H28Zr. The van der Waals surface area contributed by atoms with Gasteiger partial charge in [0.05, 0.1) is 0 Å². The maximum atomic E-state index is 2.99. The van der Waals surface area contributed by atoms with E-state index < -0.39 is 0 Å². The minimum Gasteiger partial charge on any atom is -0.328 e. The average molecular weight is 360 g/mol. The van der Waals surface area contributed by atoms with Crippen LogP contribution in [0.25, 0.3) is 0 Å². The molecule has 1 heteroatoms. The maximum Gasteiger partial charge on any atom is 4.00 e. The molecule has 0 atom stereocenters. The molecule has 0 spiro atoms. The second-order valence-electron chi connectivity index (χ2n) is 5.15. The second kappa shape index (κ2) is 17.9. The fourth-order valence-electron chi connectivity index (χ4n) is 2.12. The first kappa shape index (κ1) is 20.8. The maximum absolute atomic E-state index is 2.99. The molecular weight excluding hydrogens is 331 g/mol. The predicted molar refractivity (Wildman–Crippen MR) is 88.7 cm³/mol. The zero-order valence-electron chi connectivity index (χ0n) is 13.2. The van der Waals surface area contributed by atoms with Gasteiger partial charge in [-0.2, -0.15) is 37.8 Å². The zero-order valence-corrected chi connectivity index (χ0v) is 15.6. The second-order valence-corrected chi connectivity index (χ2v) is 5.15. The van der Waals surface area contributed by atoms with E-state index in [4.69, 9.17) is 0 Å². The Labute approximate surface area is 151 Å². The molecule has 4 rings (SSSR count). The fourth-order valence-corrected chi connectivity index (χ4v) is 2.12. The van der Waals surface area contributed by atoms with Crippen LogP contribution in [0, 0.1) is 25.0 Å².